The number of carbonyl (C=O) groups excluding carboxylic acids is 1. The fourth-order valence-corrected chi connectivity index (χ4v) is 2.72. The fraction of sp³-hybridized carbons (Fsp3) is 0.200. The van der Waals surface area contributed by atoms with Crippen molar-refractivity contribution in [2.75, 3.05) is 6.61 Å². The Morgan fingerprint density at radius 1 is 1.16 bits per heavy atom. The standard InChI is InChI=1S/C20H19ClN2O2/c1-13-6-7-16-4-3-5-18(20(16)22-13)25-12-19(24)23-14(2)15-8-10-17(21)11-9-15/h3-11,14H,12H2,1-2H3,(H,23,24). The van der Waals surface area contributed by atoms with E-state index in [2.05, 4.69) is 10.3 Å². The second-order valence-corrected chi connectivity index (χ2v) is 6.35. The first-order chi connectivity index (χ1) is 12.0. The van der Waals surface area contributed by atoms with Gasteiger partial charge in [0.25, 0.3) is 5.91 Å². The monoisotopic (exact) mass is 354 g/mol. The zero-order valence-electron chi connectivity index (χ0n) is 14.1. The molecule has 2 aromatic carbocycles. The molecule has 0 bridgehead atoms. The number of ether oxygens (including phenoxy) is 1. The third kappa shape index (κ3) is 4.28. The molecule has 128 valence electrons. The van der Waals surface area contributed by atoms with Gasteiger partial charge in [-0.05, 0) is 43.7 Å². The quantitative estimate of drug-likeness (QED) is 0.736. The topological polar surface area (TPSA) is 51.2 Å². The van der Waals surface area contributed by atoms with Crippen molar-refractivity contribution in [1.82, 2.24) is 10.3 Å². The maximum absolute atomic E-state index is 12.2. The van der Waals surface area contributed by atoms with E-state index in [4.69, 9.17) is 16.3 Å². The van der Waals surface area contributed by atoms with Crippen LogP contribution in [0.2, 0.25) is 5.02 Å². The second kappa shape index (κ2) is 7.53. The summed E-state index contributed by atoms with van der Waals surface area (Å²) >= 11 is 5.89. The van der Waals surface area contributed by atoms with E-state index in [9.17, 15) is 4.79 Å². The Labute approximate surface area is 151 Å². The molecule has 4 nitrogen and oxygen atoms in total. The summed E-state index contributed by atoms with van der Waals surface area (Å²) in [5.74, 6) is 0.419. The third-order valence-corrected chi connectivity index (χ3v) is 4.18. The van der Waals surface area contributed by atoms with Gasteiger partial charge >= 0.3 is 0 Å². The largest absolute Gasteiger partial charge is 0.481 e. The first kappa shape index (κ1) is 17.2. The van der Waals surface area contributed by atoms with E-state index in [1.54, 1.807) is 12.1 Å². The van der Waals surface area contributed by atoms with Crippen molar-refractivity contribution in [2.24, 2.45) is 0 Å². The van der Waals surface area contributed by atoms with Gasteiger partial charge < -0.3 is 10.1 Å². The van der Waals surface area contributed by atoms with Gasteiger partial charge in [0.05, 0.1) is 6.04 Å². The Bertz CT molecular complexity index is 894. The molecule has 0 fully saturated rings. The average molecular weight is 355 g/mol. The molecule has 3 aromatic rings. The number of nitrogens with one attached hydrogen (secondary N) is 1. The summed E-state index contributed by atoms with van der Waals surface area (Å²) in [5, 5.41) is 4.57. The number of halogens is 1. The predicted octanol–water partition coefficient (Wildman–Crippen LogP) is 4.45. The normalized spacial score (nSPS) is 12.0. The Hall–Kier alpha value is -2.59. The number of hydrogen-bond donors (Lipinski definition) is 1. The van der Waals surface area contributed by atoms with Crippen LogP contribution in [0.3, 0.4) is 0 Å². The Kier molecular flexibility index (Phi) is 5.19. The van der Waals surface area contributed by atoms with E-state index in [-0.39, 0.29) is 18.6 Å². The number of rotatable bonds is 5. The first-order valence-corrected chi connectivity index (χ1v) is 8.45. The molecule has 0 aliphatic rings. The molecule has 1 amide bonds. The van der Waals surface area contributed by atoms with Gasteiger partial charge in [-0.25, -0.2) is 4.98 Å². The zero-order valence-corrected chi connectivity index (χ0v) is 14.9. The number of amides is 1. The summed E-state index contributed by atoms with van der Waals surface area (Å²) in [6.07, 6.45) is 0. The number of fused-ring (bicyclic) bond motifs is 1. The van der Waals surface area contributed by atoms with E-state index in [0.717, 1.165) is 22.2 Å². The van der Waals surface area contributed by atoms with E-state index in [0.29, 0.717) is 10.8 Å². The predicted molar refractivity (Wildman–Crippen MR) is 100.0 cm³/mol. The van der Waals surface area contributed by atoms with Crippen molar-refractivity contribution in [1.29, 1.82) is 0 Å². The van der Waals surface area contributed by atoms with Crippen LogP contribution in [0.1, 0.15) is 24.2 Å². The molecule has 1 aromatic heterocycles. The minimum atomic E-state index is -0.188. The maximum Gasteiger partial charge on any atom is 0.258 e. The summed E-state index contributed by atoms with van der Waals surface area (Å²) in [4.78, 5) is 16.7. The second-order valence-electron chi connectivity index (χ2n) is 5.91. The number of carbonyl (C=O) groups is 1. The van der Waals surface area contributed by atoms with Gasteiger partial charge in [0.2, 0.25) is 0 Å². The van der Waals surface area contributed by atoms with Crippen LogP contribution in [0.4, 0.5) is 0 Å². The minimum absolute atomic E-state index is 0.0628. The Morgan fingerprint density at radius 2 is 1.92 bits per heavy atom. The van der Waals surface area contributed by atoms with Crippen LogP contribution in [0.15, 0.2) is 54.6 Å². The van der Waals surface area contributed by atoms with Gasteiger partial charge in [0.1, 0.15) is 11.3 Å². The summed E-state index contributed by atoms with van der Waals surface area (Å²) in [6.45, 7) is 3.79. The minimum Gasteiger partial charge on any atom is -0.481 e. The molecule has 0 radical (unpaired) electrons. The highest BCUT2D eigenvalue weighted by Gasteiger charge is 2.11. The van der Waals surface area contributed by atoms with E-state index >= 15 is 0 Å². The van der Waals surface area contributed by atoms with Crippen LogP contribution in [-0.2, 0) is 4.79 Å². The first-order valence-electron chi connectivity index (χ1n) is 8.07. The smallest absolute Gasteiger partial charge is 0.258 e. The Balaban J connectivity index is 1.64. The van der Waals surface area contributed by atoms with E-state index in [1.165, 1.54) is 0 Å². The van der Waals surface area contributed by atoms with Crippen LogP contribution in [0.5, 0.6) is 5.75 Å². The lowest BCUT2D eigenvalue weighted by Crippen LogP contribution is -2.31. The number of pyridine rings is 1. The van der Waals surface area contributed by atoms with Crippen LogP contribution in [0.25, 0.3) is 10.9 Å². The van der Waals surface area contributed by atoms with Crippen LogP contribution in [0, 0.1) is 6.92 Å². The lowest BCUT2D eigenvalue weighted by Gasteiger charge is -2.15. The van der Waals surface area contributed by atoms with Gasteiger partial charge in [-0.2, -0.15) is 0 Å². The van der Waals surface area contributed by atoms with Crippen molar-refractivity contribution < 1.29 is 9.53 Å². The molecule has 3 rings (SSSR count). The zero-order chi connectivity index (χ0) is 17.8. The summed E-state index contributed by atoms with van der Waals surface area (Å²) in [6, 6.07) is 16.9. The molecule has 0 saturated carbocycles. The molecular weight excluding hydrogens is 336 g/mol. The number of para-hydroxylation sites is 1. The summed E-state index contributed by atoms with van der Waals surface area (Å²) in [7, 11) is 0. The van der Waals surface area contributed by atoms with E-state index < -0.39 is 0 Å². The van der Waals surface area contributed by atoms with E-state index in [1.807, 2.05) is 56.3 Å². The van der Waals surface area contributed by atoms with Crippen molar-refractivity contribution in [3.8, 4) is 5.75 Å². The van der Waals surface area contributed by atoms with Crippen molar-refractivity contribution in [2.45, 2.75) is 19.9 Å². The van der Waals surface area contributed by atoms with Gasteiger partial charge in [-0.1, -0.05) is 41.9 Å². The van der Waals surface area contributed by atoms with Crippen LogP contribution in [-0.4, -0.2) is 17.5 Å². The van der Waals surface area contributed by atoms with Crippen molar-refractivity contribution >= 4 is 28.4 Å². The van der Waals surface area contributed by atoms with Gasteiger partial charge in [-0.15, -0.1) is 0 Å². The number of aryl methyl sites for hydroxylation is 1. The molecule has 0 spiro atoms. The lowest BCUT2D eigenvalue weighted by atomic mass is 10.1. The molecule has 25 heavy (non-hydrogen) atoms. The van der Waals surface area contributed by atoms with Crippen molar-refractivity contribution in [3.63, 3.8) is 0 Å². The van der Waals surface area contributed by atoms with Crippen LogP contribution >= 0.6 is 11.6 Å². The van der Waals surface area contributed by atoms with Gasteiger partial charge in [0, 0.05) is 16.1 Å². The SMILES string of the molecule is Cc1ccc2cccc(OCC(=O)NC(C)c3ccc(Cl)cc3)c2n1. The molecule has 0 aliphatic heterocycles. The molecule has 1 heterocycles. The highest BCUT2D eigenvalue weighted by atomic mass is 35.5. The molecule has 1 atom stereocenters. The number of hydrogen-bond acceptors (Lipinski definition) is 3. The molecule has 5 heteroatoms. The highest BCUT2D eigenvalue weighted by molar-refractivity contribution is 6.30. The lowest BCUT2D eigenvalue weighted by molar-refractivity contribution is -0.123. The number of aromatic nitrogens is 1. The molecule has 1 N–H and O–H groups in total. The molecule has 1 unspecified atom stereocenters. The van der Waals surface area contributed by atoms with Crippen LogP contribution < -0.4 is 10.1 Å². The number of benzene rings is 2. The van der Waals surface area contributed by atoms with Gasteiger partial charge in [0.15, 0.2) is 6.61 Å². The summed E-state index contributed by atoms with van der Waals surface area (Å²) < 4.78 is 5.70. The fourth-order valence-electron chi connectivity index (χ4n) is 2.60. The third-order valence-electron chi connectivity index (χ3n) is 3.93. The number of nitrogens with zero attached hydrogens (tertiary/aromatic N) is 1. The Morgan fingerprint density at radius 3 is 2.68 bits per heavy atom. The summed E-state index contributed by atoms with van der Waals surface area (Å²) in [5.41, 5.74) is 2.66. The maximum atomic E-state index is 12.2. The molecular formula is C20H19ClN2O2. The molecule has 0 aliphatic carbocycles. The highest BCUT2D eigenvalue weighted by Crippen LogP contribution is 2.24. The van der Waals surface area contributed by atoms with Crippen molar-refractivity contribution in [3.05, 3.63) is 70.9 Å². The molecule has 0 saturated heterocycles. The average Bonchev–Trinajstić information content (AvgIpc) is 2.60. The van der Waals surface area contributed by atoms with Gasteiger partial charge in [-0.3, -0.25) is 4.79 Å².